The summed E-state index contributed by atoms with van der Waals surface area (Å²) in [6.07, 6.45) is 0.412. The van der Waals surface area contributed by atoms with Crippen molar-refractivity contribution in [3.8, 4) is 0 Å². The summed E-state index contributed by atoms with van der Waals surface area (Å²) in [5, 5.41) is 0. The second-order valence-electron chi connectivity index (χ2n) is 7.23. The molecule has 2 aromatic carbocycles. The number of morpholine rings is 1. The third kappa shape index (κ3) is 3.78. The Hall–Kier alpha value is -2.73. The summed E-state index contributed by atoms with van der Waals surface area (Å²) in [6, 6.07) is 15.7. The molecule has 2 amide bonds. The van der Waals surface area contributed by atoms with Crippen molar-refractivity contribution in [1.82, 2.24) is 9.80 Å². The Kier molecular flexibility index (Phi) is 5.39. The first kappa shape index (κ1) is 18.6. The molecule has 2 heterocycles. The van der Waals surface area contributed by atoms with Gasteiger partial charge in [-0.15, -0.1) is 0 Å². The van der Waals surface area contributed by atoms with Crippen molar-refractivity contribution in [3.05, 3.63) is 71.5 Å². The van der Waals surface area contributed by atoms with Gasteiger partial charge in [-0.2, -0.15) is 0 Å². The number of carbonyl (C=O) groups is 2. The van der Waals surface area contributed by atoms with Crippen molar-refractivity contribution in [3.63, 3.8) is 0 Å². The van der Waals surface area contributed by atoms with E-state index in [1.807, 2.05) is 30.3 Å². The van der Waals surface area contributed by atoms with Crippen molar-refractivity contribution in [1.29, 1.82) is 0 Å². The number of hydrogen-bond acceptors (Lipinski definition) is 3. The molecule has 28 heavy (non-hydrogen) atoms. The summed E-state index contributed by atoms with van der Waals surface area (Å²) < 4.78 is 19.8. The Labute approximate surface area is 163 Å². The number of ether oxygens (including phenoxy) is 1. The van der Waals surface area contributed by atoms with Gasteiger partial charge < -0.3 is 14.5 Å². The highest BCUT2D eigenvalue weighted by molar-refractivity contribution is 5.91. The van der Waals surface area contributed by atoms with E-state index < -0.39 is 12.1 Å². The lowest BCUT2D eigenvalue weighted by molar-refractivity contribution is -0.147. The molecular formula is C22H23FN2O3. The highest BCUT2D eigenvalue weighted by atomic mass is 19.1. The number of amides is 2. The molecule has 0 bridgehead atoms. The number of hydrogen-bond donors (Lipinski definition) is 0. The SMILES string of the molecule is O=C(C1CCC(=O)N1Cc1ccccc1)N1CCOC(c2ccccc2F)C1. The van der Waals surface area contributed by atoms with Gasteiger partial charge in [0.1, 0.15) is 18.0 Å². The molecule has 2 aliphatic heterocycles. The van der Waals surface area contributed by atoms with Gasteiger partial charge in [0.15, 0.2) is 0 Å². The summed E-state index contributed by atoms with van der Waals surface area (Å²) in [5.41, 5.74) is 1.46. The van der Waals surface area contributed by atoms with Crippen LogP contribution in [0, 0.1) is 5.82 Å². The third-order valence-electron chi connectivity index (χ3n) is 5.44. The zero-order chi connectivity index (χ0) is 19.5. The van der Waals surface area contributed by atoms with Crippen molar-refractivity contribution in [2.24, 2.45) is 0 Å². The molecule has 146 valence electrons. The molecule has 2 aliphatic rings. The standard InChI is InChI=1S/C22H23FN2O3/c23-18-9-5-4-8-17(18)20-15-24(12-13-28-20)22(27)19-10-11-21(26)25(19)14-16-6-2-1-3-7-16/h1-9,19-20H,10-15H2. The second-order valence-corrected chi connectivity index (χ2v) is 7.23. The van der Waals surface area contributed by atoms with Gasteiger partial charge in [0.2, 0.25) is 11.8 Å². The third-order valence-corrected chi connectivity index (χ3v) is 5.44. The number of benzene rings is 2. The van der Waals surface area contributed by atoms with Crippen molar-refractivity contribution >= 4 is 11.8 Å². The van der Waals surface area contributed by atoms with Gasteiger partial charge in [-0.1, -0.05) is 48.5 Å². The van der Waals surface area contributed by atoms with E-state index in [4.69, 9.17) is 4.74 Å². The summed E-state index contributed by atoms with van der Waals surface area (Å²) in [4.78, 5) is 29.0. The summed E-state index contributed by atoms with van der Waals surface area (Å²) in [7, 11) is 0. The summed E-state index contributed by atoms with van der Waals surface area (Å²) >= 11 is 0. The molecule has 5 nitrogen and oxygen atoms in total. The van der Waals surface area contributed by atoms with Gasteiger partial charge >= 0.3 is 0 Å². The van der Waals surface area contributed by atoms with Gasteiger partial charge in [-0.05, 0) is 18.1 Å². The van der Waals surface area contributed by atoms with Gasteiger partial charge in [0.25, 0.3) is 0 Å². The Morgan fingerprint density at radius 2 is 1.86 bits per heavy atom. The normalized spacial score (nSPS) is 22.5. The molecule has 6 heteroatoms. The Bertz CT molecular complexity index is 858. The highest BCUT2D eigenvalue weighted by Crippen LogP contribution is 2.28. The van der Waals surface area contributed by atoms with E-state index in [-0.39, 0.29) is 17.6 Å². The Morgan fingerprint density at radius 1 is 1.11 bits per heavy atom. The average molecular weight is 382 g/mol. The fourth-order valence-corrected chi connectivity index (χ4v) is 3.95. The fourth-order valence-electron chi connectivity index (χ4n) is 3.95. The van der Waals surface area contributed by atoms with E-state index in [1.54, 1.807) is 28.0 Å². The molecule has 4 rings (SSSR count). The number of halogens is 1. The van der Waals surface area contributed by atoms with E-state index in [2.05, 4.69) is 0 Å². The molecule has 0 saturated carbocycles. The van der Waals surface area contributed by atoms with Gasteiger partial charge in [0, 0.05) is 25.1 Å². The van der Waals surface area contributed by atoms with Gasteiger partial charge in [-0.25, -0.2) is 4.39 Å². The van der Waals surface area contributed by atoms with Gasteiger partial charge in [-0.3, -0.25) is 9.59 Å². The lowest BCUT2D eigenvalue weighted by atomic mass is 10.1. The van der Waals surface area contributed by atoms with Crippen LogP contribution >= 0.6 is 0 Å². The van der Waals surface area contributed by atoms with Crippen LogP contribution < -0.4 is 0 Å². The zero-order valence-corrected chi connectivity index (χ0v) is 15.6. The first-order valence-electron chi connectivity index (χ1n) is 9.61. The lowest BCUT2D eigenvalue weighted by Crippen LogP contribution is -2.50. The lowest BCUT2D eigenvalue weighted by Gasteiger charge is -2.36. The van der Waals surface area contributed by atoms with Crippen molar-refractivity contribution in [2.45, 2.75) is 31.5 Å². The van der Waals surface area contributed by atoms with E-state index in [9.17, 15) is 14.0 Å². The first-order valence-corrected chi connectivity index (χ1v) is 9.61. The summed E-state index contributed by atoms with van der Waals surface area (Å²) in [6.45, 7) is 1.53. The quantitative estimate of drug-likeness (QED) is 0.817. The molecule has 2 saturated heterocycles. The van der Waals surface area contributed by atoms with E-state index >= 15 is 0 Å². The highest BCUT2D eigenvalue weighted by Gasteiger charge is 2.39. The van der Waals surface area contributed by atoms with Crippen LogP contribution in [0.15, 0.2) is 54.6 Å². The average Bonchev–Trinajstić information content (AvgIpc) is 3.09. The minimum Gasteiger partial charge on any atom is -0.370 e. The van der Waals surface area contributed by atoms with Crippen LogP contribution in [0.2, 0.25) is 0 Å². The number of likely N-dealkylation sites (tertiary alicyclic amines) is 1. The van der Waals surface area contributed by atoms with E-state index in [0.29, 0.717) is 44.6 Å². The first-order chi connectivity index (χ1) is 13.6. The smallest absolute Gasteiger partial charge is 0.245 e. The van der Waals surface area contributed by atoms with Gasteiger partial charge in [0.05, 0.1) is 13.2 Å². The molecule has 2 fully saturated rings. The summed E-state index contributed by atoms with van der Waals surface area (Å²) in [5.74, 6) is -0.406. The second kappa shape index (κ2) is 8.10. The van der Waals surface area contributed by atoms with E-state index in [0.717, 1.165) is 5.56 Å². The Morgan fingerprint density at radius 3 is 2.64 bits per heavy atom. The zero-order valence-electron chi connectivity index (χ0n) is 15.6. The predicted octanol–water partition coefficient (Wildman–Crippen LogP) is 2.92. The fraction of sp³-hybridized carbons (Fsp3) is 0.364. The molecule has 0 aromatic heterocycles. The maximum atomic E-state index is 14.1. The van der Waals surface area contributed by atoms with Crippen LogP contribution in [-0.4, -0.2) is 47.4 Å². The van der Waals surface area contributed by atoms with Crippen LogP contribution in [0.3, 0.4) is 0 Å². The minimum atomic E-state index is -0.487. The van der Waals surface area contributed by atoms with Crippen LogP contribution in [-0.2, 0) is 20.9 Å². The van der Waals surface area contributed by atoms with Crippen LogP contribution in [0.25, 0.3) is 0 Å². The molecule has 0 N–H and O–H groups in total. The minimum absolute atomic E-state index is 0.00103. The monoisotopic (exact) mass is 382 g/mol. The predicted molar refractivity (Wildman–Crippen MR) is 102 cm³/mol. The maximum Gasteiger partial charge on any atom is 0.245 e. The molecular weight excluding hydrogens is 359 g/mol. The molecule has 0 aliphatic carbocycles. The van der Waals surface area contributed by atoms with Crippen LogP contribution in [0.5, 0.6) is 0 Å². The van der Waals surface area contributed by atoms with Crippen LogP contribution in [0.1, 0.15) is 30.1 Å². The van der Waals surface area contributed by atoms with E-state index in [1.165, 1.54) is 6.07 Å². The molecule has 0 spiro atoms. The maximum absolute atomic E-state index is 14.1. The molecule has 2 unspecified atom stereocenters. The number of carbonyl (C=O) groups excluding carboxylic acids is 2. The largest absolute Gasteiger partial charge is 0.370 e. The Balaban J connectivity index is 1.48. The van der Waals surface area contributed by atoms with Crippen LogP contribution in [0.4, 0.5) is 4.39 Å². The molecule has 0 radical (unpaired) electrons. The topological polar surface area (TPSA) is 49.9 Å². The molecule has 2 aromatic rings. The molecule has 2 atom stereocenters. The van der Waals surface area contributed by atoms with Crippen molar-refractivity contribution < 1.29 is 18.7 Å². The van der Waals surface area contributed by atoms with Crippen molar-refractivity contribution in [2.75, 3.05) is 19.7 Å². The number of nitrogens with zero attached hydrogens (tertiary/aromatic N) is 2. The number of rotatable bonds is 4.